The zero-order valence-electron chi connectivity index (χ0n) is 14.3. The summed E-state index contributed by atoms with van der Waals surface area (Å²) >= 11 is 0. The second-order valence-corrected chi connectivity index (χ2v) is 7.13. The molecule has 1 saturated heterocycles. The van der Waals surface area contributed by atoms with Crippen LogP contribution in [0.4, 0.5) is 5.69 Å². The Balaban J connectivity index is 1.86. The number of amides is 3. The Morgan fingerprint density at radius 2 is 2.08 bits per heavy atom. The van der Waals surface area contributed by atoms with E-state index in [1.54, 1.807) is 4.90 Å². The fourth-order valence-corrected chi connectivity index (χ4v) is 3.79. The Bertz CT molecular complexity index is 868. The Morgan fingerprint density at radius 1 is 1.28 bits per heavy atom. The number of hydrogen-bond acceptors (Lipinski definition) is 3. The van der Waals surface area contributed by atoms with Crippen molar-refractivity contribution in [2.24, 2.45) is 5.41 Å². The topological polar surface area (TPSA) is 66.5 Å². The summed E-state index contributed by atoms with van der Waals surface area (Å²) in [7, 11) is 0. The zero-order chi connectivity index (χ0) is 17.8. The van der Waals surface area contributed by atoms with Crippen molar-refractivity contribution in [1.82, 2.24) is 5.32 Å². The number of imide groups is 1. The van der Waals surface area contributed by atoms with E-state index in [4.69, 9.17) is 0 Å². The molecule has 2 aliphatic heterocycles. The zero-order valence-corrected chi connectivity index (χ0v) is 14.3. The lowest BCUT2D eigenvalue weighted by atomic mass is 9.85. The van der Waals surface area contributed by atoms with Crippen molar-refractivity contribution in [1.29, 1.82) is 0 Å². The minimum atomic E-state index is -0.638. The number of carbonyl (C=O) groups excluding carboxylic acids is 3. The minimum Gasteiger partial charge on any atom is -0.295 e. The van der Waals surface area contributed by atoms with Crippen LogP contribution in [-0.4, -0.2) is 23.8 Å². The van der Waals surface area contributed by atoms with E-state index in [0.29, 0.717) is 12.0 Å². The third-order valence-electron chi connectivity index (χ3n) is 5.45. The van der Waals surface area contributed by atoms with Crippen LogP contribution in [0.1, 0.15) is 44.2 Å². The van der Waals surface area contributed by atoms with E-state index in [1.807, 2.05) is 24.3 Å². The summed E-state index contributed by atoms with van der Waals surface area (Å²) in [6.07, 6.45) is 7.70. The van der Waals surface area contributed by atoms with E-state index in [-0.39, 0.29) is 23.7 Å². The highest BCUT2D eigenvalue weighted by atomic mass is 16.2. The van der Waals surface area contributed by atoms with Crippen molar-refractivity contribution in [2.75, 3.05) is 4.90 Å². The van der Waals surface area contributed by atoms with Crippen molar-refractivity contribution in [2.45, 2.75) is 39.2 Å². The molecule has 0 saturated carbocycles. The summed E-state index contributed by atoms with van der Waals surface area (Å²) in [6, 6.07) is 5.14. The number of rotatable bonds is 2. The van der Waals surface area contributed by atoms with Gasteiger partial charge in [0.05, 0.1) is 5.69 Å². The molecule has 0 radical (unpaired) electrons. The first-order valence-electron chi connectivity index (χ1n) is 8.66. The number of hydrogen-bond donors (Lipinski definition) is 1. The number of anilines is 1. The smallest absolute Gasteiger partial charge is 0.259 e. The van der Waals surface area contributed by atoms with Crippen LogP contribution in [0.25, 0.3) is 11.6 Å². The molecule has 0 spiro atoms. The molecule has 5 heteroatoms. The molecule has 1 aromatic carbocycles. The first-order valence-corrected chi connectivity index (χ1v) is 8.66. The van der Waals surface area contributed by atoms with Crippen LogP contribution in [0.2, 0.25) is 0 Å². The standard InChI is InChI=1S/C20H20N2O3/c1-3-20(2)10-9-12-5-4-6-14-17(12)13(11-20)19(25)22(14)15-7-8-16(23)21-18(15)24/h4-6,9-11,15H,3,7-8H2,1-2H3,(H,21,23,24). The monoisotopic (exact) mass is 336 g/mol. The summed E-state index contributed by atoms with van der Waals surface area (Å²) in [5, 5.41) is 2.36. The van der Waals surface area contributed by atoms with E-state index >= 15 is 0 Å². The van der Waals surface area contributed by atoms with Crippen molar-refractivity contribution in [3.8, 4) is 0 Å². The van der Waals surface area contributed by atoms with Gasteiger partial charge >= 0.3 is 0 Å². The van der Waals surface area contributed by atoms with Gasteiger partial charge in [-0.25, -0.2) is 0 Å². The van der Waals surface area contributed by atoms with Gasteiger partial charge in [0.1, 0.15) is 6.04 Å². The predicted molar refractivity (Wildman–Crippen MR) is 95.5 cm³/mol. The summed E-state index contributed by atoms with van der Waals surface area (Å²) in [5.74, 6) is -0.825. The van der Waals surface area contributed by atoms with Gasteiger partial charge in [-0.3, -0.25) is 24.6 Å². The summed E-state index contributed by atoms with van der Waals surface area (Å²) in [5.41, 5.74) is 3.09. The number of nitrogens with one attached hydrogen (secondary N) is 1. The third kappa shape index (κ3) is 2.34. The quantitative estimate of drug-likeness (QED) is 0.845. The van der Waals surface area contributed by atoms with E-state index in [9.17, 15) is 14.4 Å². The molecule has 25 heavy (non-hydrogen) atoms. The molecule has 3 aliphatic rings. The summed E-state index contributed by atoms with van der Waals surface area (Å²) in [4.78, 5) is 38.6. The maximum absolute atomic E-state index is 13.2. The molecule has 3 amide bonds. The van der Waals surface area contributed by atoms with Crippen molar-refractivity contribution in [3.63, 3.8) is 0 Å². The van der Waals surface area contributed by atoms with Crippen LogP contribution < -0.4 is 10.2 Å². The molecular formula is C20H20N2O3. The van der Waals surface area contributed by atoms with Gasteiger partial charge in [0, 0.05) is 23.0 Å². The molecular weight excluding hydrogens is 316 g/mol. The second kappa shape index (κ2) is 5.41. The Kier molecular flexibility index (Phi) is 3.42. The molecule has 2 heterocycles. The maximum atomic E-state index is 13.2. The van der Waals surface area contributed by atoms with Gasteiger partial charge in [0.15, 0.2) is 0 Å². The Hall–Kier alpha value is -2.69. The van der Waals surface area contributed by atoms with Gasteiger partial charge in [-0.15, -0.1) is 0 Å². The highest BCUT2D eigenvalue weighted by Gasteiger charge is 2.43. The highest BCUT2D eigenvalue weighted by Crippen LogP contribution is 2.46. The Labute approximate surface area is 146 Å². The molecule has 1 aliphatic carbocycles. The lowest BCUT2D eigenvalue weighted by molar-refractivity contribution is -0.135. The average Bonchev–Trinajstić information content (AvgIpc) is 2.76. The van der Waals surface area contributed by atoms with Crippen LogP contribution in [0, 0.1) is 5.41 Å². The van der Waals surface area contributed by atoms with Crippen LogP contribution in [0.5, 0.6) is 0 Å². The van der Waals surface area contributed by atoms with Crippen molar-refractivity contribution >= 4 is 35.1 Å². The molecule has 1 N–H and O–H groups in total. The van der Waals surface area contributed by atoms with Crippen LogP contribution in [-0.2, 0) is 14.4 Å². The van der Waals surface area contributed by atoms with Gasteiger partial charge in [-0.1, -0.05) is 44.2 Å². The molecule has 5 nitrogen and oxygen atoms in total. The van der Waals surface area contributed by atoms with Gasteiger partial charge in [-0.05, 0) is 24.5 Å². The SMILES string of the molecule is CCC1(C)C=Cc2cccc3c2C(=C1)C(=O)N3C1CCC(=O)NC1=O. The number of nitrogens with zero attached hydrogens (tertiary/aromatic N) is 1. The Morgan fingerprint density at radius 3 is 2.80 bits per heavy atom. The lowest BCUT2D eigenvalue weighted by Crippen LogP contribution is -2.53. The number of allylic oxidation sites excluding steroid dienone is 2. The first kappa shape index (κ1) is 15.8. The van der Waals surface area contributed by atoms with E-state index in [1.165, 1.54) is 0 Å². The average molecular weight is 336 g/mol. The molecule has 0 bridgehead atoms. The minimum absolute atomic E-state index is 0.152. The molecule has 2 unspecified atom stereocenters. The van der Waals surface area contributed by atoms with Crippen molar-refractivity contribution < 1.29 is 14.4 Å². The predicted octanol–water partition coefficient (Wildman–Crippen LogP) is 2.66. The molecule has 128 valence electrons. The molecule has 4 rings (SSSR count). The third-order valence-corrected chi connectivity index (χ3v) is 5.45. The van der Waals surface area contributed by atoms with Gasteiger partial charge in [0.25, 0.3) is 5.91 Å². The van der Waals surface area contributed by atoms with Gasteiger partial charge in [0.2, 0.25) is 11.8 Å². The molecule has 1 fully saturated rings. The van der Waals surface area contributed by atoms with Crippen LogP contribution in [0.15, 0.2) is 30.4 Å². The highest BCUT2D eigenvalue weighted by molar-refractivity contribution is 6.35. The molecule has 1 aromatic rings. The lowest BCUT2D eigenvalue weighted by Gasteiger charge is -2.30. The van der Waals surface area contributed by atoms with Crippen LogP contribution >= 0.6 is 0 Å². The second-order valence-electron chi connectivity index (χ2n) is 7.13. The normalized spacial score (nSPS) is 27.8. The fourth-order valence-electron chi connectivity index (χ4n) is 3.79. The molecule has 2 atom stereocenters. The summed E-state index contributed by atoms with van der Waals surface area (Å²) in [6.45, 7) is 4.19. The fraction of sp³-hybridized carbons (Fsp3) is 0.350. The van der Waals surface area contributed by atoms with E-state index < -0.39 is 11.9 Å². The number of carbonyl (C=O) groups is 3. The number of benzene rings is 1. The maximum Gasteiger partial charge on any atom is 0.259 e. The van der Waals surface area contributed by atoms with Crippen LogP contribution in [0.3, 0.4) is 0 Å². The number of piperidine rings is 1. The molecule has 0 aromatic heterocycles. The summed E-state index contributed by atoms with van der Waals surface area (Å²) < 4.78 is 0. The van der Waals surface area contributed by atoms with Gasteiger partial charge in [-0.2, -0.15) is 0 Å². The largest absolute Gasteiger partial charge is 0.295 e. The van der Waals surface area contributed by atoms with Gasteiger partial charge < -0.3 is 0 Å². The van der Waals surface area contributed by atoms with E-state index in [0.717, 1.165) is 23.2 Å². The van der Waals surface area contributed by atoms with E-state index in [2.05, 4.69) is 31.3 Å². The first-order chi connectivity index (χ1) is 11.9. The van der Waals surface area contributed by atoms with Crippen molar-refractivity contribution in [3.05, 3.63) is 41.5 Å².